The van der Waals surface area contributed by atoms with Gasteiger partial charge in [-0.1, -0.05) is 12.1 Å². The lowest BCUT2D eigenvalue weighted by Crippen LogP contribution is -2.44. The highest BCUT2D eigenvalue weighted by molar-refractivity contribution is 7.92. The molecule has 5 rings (SSSR count). The molecule has 0 aliphatic carbocycles. The Bertz CT molecular complexity index is 2430. The molecule has 0 saturated heterocycles. The summed E-state index contributed by atoms with van der Waals surface area (Å²) in [6.45, 7) is 5.22. The van der Waals surface area contributed by atoms with Crippen LogP contribution in [0, 0.1) is 11.6 Å². The zero-order chi connectivity index (χ0) is 38.8. The molecule has 53 heavy (non-hydrogen) atoms. The second kappa shape index (κ2) is 15.2. The van der Waals surface area contributed by atoms with Gasteiger partial charge in [-0.25, -0.2) is 36.3 Å². The second-order valence-corrected chi connectivity index (χ2v) is 13.9. The zero-order valence-electron chi connectivity index (χ0n) is 29.1. The highest BCUT2D eigenvalue weighted by atomic mass is 32.2. The van der Waals surface area contributed by atoms with E-state index >= 15 is 8.78 Å². The molecule has 5 aromatic rings. The van der Waals surface area contributed by atoms with Crippen LogP contribution in [0.1, 0.15) is 47.1 Å². The van der Waals surface area contributed by atoms with E-state index in [1.165, 1.54) is 58.9 Å². The van der Waals surface area contributed by atoms with Gasteiger partial charge in [0.2, 0.25) is 0 Å². The number of nitrogens with zero attached hydrogens (tertiary/aromatic N) is 4. The van der Waals surface area contributed by atoms with Crippen molar-refractivity contribution in [3.63, 3.8) is 0 Å². The van der Waals surface area contributed by atoms with Crippen molar-refractivity contribution in [2.24, 2.45) is 14.1 Å². The summed E-state index contributed by atoms with van der Waals surface area (Å²) in [5.74, 6) is -5.50. The molecular weight excluding hydrogens is 716 g/mol. The minimum atomic E-state index is -4.37. The Labute approximate surface area is 301 Å². The van der Waals surface area contributed by atoms with Crippen LogP contribution in [0.3, 0.4) is 0 Å². The average Bonchev–Trinajstić information content (AvgIpc) is 3.48. The van der Waals surface area contributed by atoms with E-state index < -0.39 is 74.1 Å². The van der Waals surface area contributed by atoms with Crippen LogP contribution >= 0.6 is 0 Å². The van der Waals surface area contributed by atoms with Crippen LogP contribution in [-0.2, 0) is 40.1 Å². The fourth-order valence-corrected chi connectivity index (χ4v) is 6.48. The fraction of sp³-hybridized carbons (Fsp3) is 0.257. The van der Waals surface area contributed by atoms with E-state index in [2.05, 4.69) is 15.6 Å². The van der Waals surface area contributed by atoms with Gasteiger partial charge in [0.15, 0.2) is 11.2 Å². The van der Waals surface area contributed by atoms with Crippen molar-refractivity contribution in [3.05, 3.63) is 116 Å². The molecule has 0 radical (unpaired) electrons. The van der Waals surface area contributed by atoms with Gasteiger partial charge in [0.1, 0.15) is 23.2 Å². The quantitative estimate of drug-likeness (QED) is 0.161. The number of anilines is 1. The number of fused-ring (bicyclic) bond motifs is 1. The number of nitrogens with one attached hydrogen (secondary N) is 3. The van der Waals surface area contributed by atoms with Crippen LogP contribution in [-0.4, -0.2) is 63.6 Å². The molecule has 0 saturated carbocycles. The average molecular weight is 752 g/mol. The number of esters is 1. The smallest absolute Gasteiger partial charge is 0.337 e. The Morgan fingerprint density at radius 2 is 1.55 bits per heavy atom. The maximum Gasteiger partial charge on any atom is 0.337 e. The minimum absolute atomic E-state index is 0.199. The molecule has 278 valence electrons. The van der Waals surface area contributed by atoms with Gasteiger partial charge in [-0.2, -0.15) is 0 Å². The summed E-state index contributed by atoms with van der Waals surface area (Å²) in [7, 11) is -1.27. The lowest BCUT2D eigenvalue weighted by molar-refractivity contribution is -0.149. The molecule has 0 fully saturated rings. The number of rotatable bonds is 12. The van der Waals surface area contributed by atoms with E-state index in [4.69, 9.17) is 4.74 Å². The standard InChI is InChI=1S/C35H35F2N7O8S/c1-6-38-31(45)21-9-13-24(14-10-21)53(50,51)41-22-16-25(36)28(26(37)17-22)32(46)40-27(34(48)52-19(2)3)15-20-7-11-23(12-8-20)44-33(47)29-30(39-18-42(29)4)43(5)35(44)49/h7-14,16-19,27,41H,6,15H2,1-5H3,(H,38,45)(H,40,46)/t27-/m0/s1. The lowest BCUT2D eigenvalue weighted by atomic mass is 10.0. The van der Waals surface area contributed by atoms with Crippen LogP contribution in [0.15, 0.2) is 81.5 Å². The first kappa shape index (κ1) is 38.1. The number of imidazole rings is 1. The summed E-state index contributed by atoms with van der Waals surface area (Å²) in [5.41, 5.74) is -1.61. The van der Waals surface area contributed by atoms with Gasteiger partial charge < -0.3 is 19.9 Å². The molecule has 0 spiro atoms. The summed E-state index contributed by atoms with van der Waals surface area (Å²) in [6, 6.07) is 10.5. The van der Waals surface area contributed by atoms with Crippen molar-refractivity contribution in [2.75, 3.05) is 11.3 Å². The first-order valence-corrected chi connectivity index (χ1v) is 17.6. The number of aromatic nitrogens is 4. The van der Waals surface area contributed by atoms with E-state index in [-0.39, 0.29) is 33.7 Å². The van der Waals surface area contributed by atoms with E-state index in [0.717, 1.165) is 16.7 Å². The van der Waals surface area contributed by atoms with Crippen molar-refractivity contribution < 1.29 is 36.3 Å². The second-order valence-electron chi connectivity index (χ2n) is 12.2. The van der Waals surface area contributed by atoms with E-state index in [0.29, 0.717) is 24.2 Å². The third-order valence-corrected chi connectivity index (χ3v) is 9.38. The molecule has 15 nitrogen and oxygen atoms in total. The molecule has 0 aliphatic heterocycles. The number of ether oxygens (including phenoxy) is 1. The van der Waals surface area contributed by atoms with E-state index in [1.807, 2.05) is 4.72 Å². The molecule has 18 heteroatoms. The summed E-state index contributed by atoms with van der Waals surface area (Å²) in [4.78, 5) is 68.4. The van der Waals surface area contributed by atoms with Crippen molar-refractivity contribution in [3.8, 4) is 5.69 Å². The number of hydrogen-bond donors (Lipinski definition) is 3. The number of hydrogen-bond acceptors (Lipinski definition) is 9. The summed E-state index contributed by atoms with van der Waals surface area (Å²) < 4.78 is 67.4. The maximum absolute atomic E-state index is 15.3. The SMILES string of the molecule is CCNC(=O)c1ccc(S(=O)(=O)Nc2cc(F)c(C(=O)N[C@@H](Cc3ccc(-n4c(=O)c5c(ncn5C)n(C)c4=O)cc3)C(=O)OC(C)C)c(F)c2)cc1. The molecule has 3 aromatic carbocycles. The van der Waals surface area contributed by atoms with Crippen LogP contribution in [0.5, 0.6) is 0 Å². The topological polar surface area (TPSA) is 192 Å². The normalized spacial score (nSPS) is 12.1. The molecule has 2 heterocycles. The number of halogens is 2. The Kier molecular flexibility index (Phi) is 10.9. The summed E-state index contributed by atoms with van der Waals surface area (Å²) in [6.07, 6.45) is 0.585. The molecule has 2 amide bonds. The first-order valence-electron chi connectivity index (χ1n) is 16.2. The largest absolute Gasteiger partial charge is 0.461 e. The van der Waals surface area contributed by atoms with E-state index in [9.17, 15) is 32.4 Å². The molecule has 2 aromatic heterocycles. The Morgan fingerprint density at radius 1 is 0.925 bits per heavy atom. The predicted octanol–water partition coefficient (Wildman–Crippen LogP) is 2.54. The maximum atomic E-state index is 15.3. The molecule has 3 N–H and O–H groups in total. The molecule has 0 unspecified atom stereocenters. The van der Waals surface area contributed by atoms with Crippen molar-refractivity contribution >= 4 is 44.7 Å². The van der Waals surface area contributed by atoms with Gasteiger partial charge in [-0.05, 0) is 74.9 Å². The zero-order valence-corrected chi connectivity index (χ0v) is 30.0. The van der Waals surface area contributed by atoms with Gasteiger partial charge in [-0.15, -0.1) is 0 Å². The first-order chi connectivity index (χ1) is 25.0. The van der Waals surface area contributed by atoms with Gasteiger partial charge >= 0.3 is 11.7 Å². The third-order valence-electron chi connectivity index (χ3n) is 7.98. The van der Waals surface area contributed by atoms with Crippen molar-refractivity contribution in [2.45, 2.75) is 44.2 Å². The van der Waals surface area contributed by atoms with Gasteiger partial charge in [-0.3, -0.25) is 23.7 Å². The number of sulfonamides is 1. The number of amides is 2. The highest BCUT2D eigenvalue weighted by Crippen LogP contribution is 2.23. The molecular formula is C35H35F2N7O8S. The Hall–Kier alpha value is -6.17. The predicted molar refractivity (Wildman–Crippen MR) is 189 cm³/mol. The summed E-state index contributed by atoms with van der Waals surface area (Å²) >= 11 is 0. The van der Waals surface area contributed by atoms with Crippen LogP contribution in [0.2, 0.25) is 0 Å². The van der Waals surface area contributed by atoms with Crippen LogP contribution in [0.4, 0.5) is 14.5 Å². The van der Waals surface area contributed by atoms with E-state index in [1.54, 1.807) is 27.8 Å². The van der Waals surface area contributed by atoms with Crippen LogP contribution < -0.4 is 26.6 Å². The number of carbonyl (C=O) groups excluding carboxylic acids is 3. The Morgan fingerprint density at radius 3 is 2.13 bits per heavy atom. The monoisotopic (exact) mass is 751 g/mol. The van der Waals surface area contributed by atoms with Crippen molar-refractivity contribution in [1.29, 1.82) is 0 Å². The molecule has 0 bridgehead atoms. The fourth-order valence-electron chi connectivity index (χ4n) is 5.44. The minimum Gasteiger partial charge on any atom is -0.461 e. The number of benzene rings is 3. The third kappa shape index (κ3) is 8.01. The summed E-state index contributed by atoms with van der Waals surface area (Å²) in [5, 5.41) is 4.87. The lowest BCUT2D eigenvalue weighted by Gasteiger charge is -2.20. The van der Waals surface area contributed by atoms with Crippen LogP contribution in [0.25, 0.3) is 16.9 Å². The van der Waals surface area contributed by atoms with Gasteiger partial charge in [0.25, 0.3) is 27.4 Å². The molecule has 0 aliphatic rings. The highest BCUT2D eigenvalue weighted by Gasteiger charge is 2.28. The molecule has 1 atom stereocenters. The van der Waals surface area contributed by atoms with Gasteiger partial charge in [0, 0.05) is 32.6 Å². The van der Waals surface area contributed by atoms with Crippen molar-refractivity contribution in [1.82, 2.24) is 29.3 Å². The van der Waals surface area contributed by atoms with Gasteiger partial charge in [0.05, 0.1) is 28.7 Å². The number of aryl methyl sites for hydroxylation is 2. The number of carbonyl (C=O) groups is 3. The Balaban J connectivity index is 1.36.